The molecule has 0 aliphatic rings. The largest absolute Gasteiger partial charge is 0.396 e. The third kappa shape index (κ3) is 1.94. The lowest BCUT2D eigenvalue weighted by Gasteiger charge is -2.00. The highest BCUT2D eigenvalue weighted by molar-refractivity contribution is 5.29. The van der Waals surface area contributed by atoms with Crippen LogP contribution < -0.4 is 5.73 Å². The SMILES string of the molecule is Cc1cc(N)n(CCCO)n1. The number of nitrogens with two attached hydrogens (primary N) is 1. The molecule has 0 bridgehead atoms. The van der Waals surface area contributed by atoms with Crippen LogP contribution in [0.1, 0.15) is 12.1 Å². The summed E-state index contributed by atoms with van der Waals surface area (Å²) in [4.78, 5) is 0. The fraction of sp³-hybridized carbons (Fsp3) is 0.571. The number of aromatic nitrogens is 2. The van der Waals surface area contributed by atoms with Crippen LogP contribution >= 0.6 is 0 Å². The molecule has 4 nitrogen and oxygen atoms in total. The summed E-state index contributed by atoms with van der Waals surface area (Å²) in [6.07, 6.45) is 0.700. The minimum absolute atomic E-state index is 0.179. The minimum Gasteiger partial charge on any atom is -0.396 e. The first-order valence-electron chi connectivity index (χ1n) is 3.65. The Balaban J connectivity index is 2.62. The van der Waals surface area contributed by atoms with Crippen LogP contribution in [0.15, 0.2) is 6.07 Å². The van der Waals surface area contributed by atoms with Crippen molar-refractivity contribution in [3.05, 3.63) is 11.8 Å². The van der Waals surface area contributed by atoms with Gasteiger partial charge in [0.2, 0.25) is 0 Å². The number of aliphatic hydroxyl groups excluding tert-OH is 1. The third-order valence-electron chi connectivity index (χ3n) is 1.46. The normalized spacial score (nSPS) is 10.4. The zero-order valence-electron chi connectivity index (χ0n) is 6.62. The van der Waals surface area contributed by atoms with Gasteiger partial charge in [-0.05, 0) is 13.3 Å². The zero-order valence-corrected chi connectivity index (χ0v) is 6.62. The number of rotatable bonds is 3. The second-order valence-corrected chi connectivity index (χ2v) is 2.51. The maximum Gasteiger partial charge on any atom is 0.121 e. The summed E-state index contributed by atoms with van der Waals surface area (Å²) in [6.45, 7) is 2.76. The number of aliphatic hydroxyl groups is 1. The molecule has 0 aromatic carbocycles. The van der Waals surface area contributed by atoms with E-state index in [-0.39, 0.29) is 6.61 Å². The number of aryl methyl sites for hydroxylation is 2. The van der Waals surface area contributed by atoms with Gasteiger partial charge < -0.3 is 10.8 Å². The van der Waals surface area contributed by atoms with Crippen molar-refractivity contribution < 1.29 is 5.11 Å². The van der Waals surface area contributed by atoms with Gasteiger partial charge in [-0.3, -0.25) is 0 Å². The van der Waals surface area contributed by atoms with Gasteiger partial charge in [0.15, 0.2) is 0 Å². The molecule has 0 aliphatic carbocycles. The van der Waals surface area contributed by atoms with Crippen molar-refractivity contribution in [2.24, 2.45) is 0 Å². The molecule has 62 valence electrons. The van der Waals surface area contributed by atoms with Crippen molar-refractivity contribution in [1.29, 1.82) is 0 Å². The van der Waals surface area contributed by atoms with Crippen molar-refractivity contribution in [3.8, 4) is 0 Å². The predicted molar refractivity (Wildman–Crippen MR) is 43.1 cm³/mol. The first kappa shape index (κ1) is 8.07. The van der Waals surface area contributed by atoms with E-state index in [1.54, 1.807) is 4.68 Å². The molecule has 1 aromatic heterocycles. The lowest BCUT2D eigenvalue weighted by atomic mass is 10.4. The Labute approximate surface area is 65.6 Å². The van der Waals surface area contributed by atoms with Crippen LogP contribution in [-0.4, -0.2) is 21.5 Å². The maximum atomic E-state index is 8.54. The molecule has 11 heavy (non-hydrogen) atoms. The van der Waals surface area contributed by atoms with E-state index >= 15 is 0 Å². The molecule has 3 N–H and O–H groups in total. The molecule has 0 spiro atoms. The van der Waals surface area contributed by atoms with Crippen molar-refractivity contribution in [2.75, 3.05) is 12.3 Å². The highest BCUT2D eigenvalue weighted by Crippen LogP contribution is 2.04. The van der Waals surface area contributed by atoms with Gasteiger partial charge in [-0.2, -0.15) is 5.10 Å². The van der Waals surface area contributed by atoms with Crippen LogP contribution in [0.5, 0.6) is 0 Å². The maximum absolute atomic E-state index is 8.54. The molecule has 1 aromatic rings. The van der Waals surface area contributed by atoms with Crippen LogP contribution in [-0.2, 0) is 6.54 Å². The second-order valence-electron chi connectivity index (χ2n) is 2.51. The first-order chi connectivity index (χ1) is 5.24. The van der Waals surface area contributed by atoms with E-state index in [1.165, 1.54) is 0 Å². The Morgan fingerprint density at radius 3 is 2.91 bits per heavy atom. The molecule has 0 saturated heterocycles. The number of nitrogen functional groups attached to an aromatic ring is 1. The summed E-state index contributed by atoms with van der Waals surface area (Å²) in [5.41, 5.74) is 6.52. The summed E-state index contributed by atoms with van der Waals surface area (Å²) in [7, 11) is 0. The van der Waals surface area contributed by atoms with E-state index in [0.29, 0.717) is 18.8 Å². The van der Waals surface area contributed by atoms with Gasteiger partial charge in [0.25, 0.3) is 0 Å². The summed E-state index contributed by atoms with van der Waals surface area (Å²) in [6, 6.07) is 1.82. The predicted octanol–water partition coefficient (Wildman–Crippen LogP) is 0.156. The van der Waals surface area contributed by atoms with E-state index in [2.05, 4.69) is 5.10 Å². The summed E-state index contributed by atoms with van der Waals surface area (Å²) in [5.74, 6) is 0.663. The van der Waals surface area contributed by atoms with Gasteiger partial charge in [0.1, 0.15) is 5.82 Å². The molecule has 0 radical (unpaired) electrons. The van der Waals surface area contributed by atoms with Crippen LogP contribution in [0.4, 0.5) is 5.82 Å². The molecule has 0 saturated carbocycles. The molecule has 0 unspecified atom stereocenters. The molecule has 0 aliphatic heterocycles. The van der Waals surface area contributed by atoms with E-state index < -0.39 is 0 Å². The third-order valence-corrected chi connectivity index (χ3v) is 1.46. The quantitative estimate of drug-likeness (QED) is 0.653. The fourth-order valence-corrected chi connectivity index (χ4v) is 0.965. The Morgan fingerprint density at radius 1 is 1.73 bits per heavy atom. The number of hydrogen-bond acceptors (Lipinski definition) is 3. The Kier molecular flexibility index (Phi) is 2.48. The topological polar surface area (TPSA) is 64.1 Å². The summed E-state index contributed by atoms with van der Waals surface area (Å²) in [5, 5.41) is 12.7. The zero-order chi connectivity index (χ0) is 8.27. The first-order valence-corrected chi connectivity index (χ1v) is 3.65. The van der Waals surface area contributed by atoms with Gasteiger partial charge in [-0.15, -0.1) is 0 Å². The van der Waals surface area contributed by atoms with Crippen LogP contribution in [0.25, 0.3) is 0 Å². The average molecular weight is 155 g/mol. The van der Waals surface area contributed by atoms with Gasteiger partial charge in [0.05, 0.1) is 5.69 Å². The van der Waals surface area contributed by atoms with Crippen molar-refractivity contribution in [2.45, 2.75) is 19.9 Å². The molecule has 1 heterocycles. The summed E-state index contributed by atoms with van der Waals surface area (Å²) < 4.78 is 1.70. The molecular weight excluding hydrogens is 142 g/mol. The smallest absolute Gasteiger partial charge is 0.121 e. The number of hydrogen-bond donors (Lipinski definition) is 2. The highest BCUT2D eigenvalue weighted by atomic mass is 16.3. The minimum atomic E-state index is 0.179. The Bertz CT molecular complexity index is 232. The van der Waals surface area contributed by atoms with Crippen LogP contribution in [0, 0.1) is 6.92 Å². The molecule has 0 atom stereocenters. The average Bonchev–Trinajstić information content (AvgIpc) is 2.26. The number of anilines is 1. The standard InChI is InChI=1S/C7H13N3O/c1-6-5-7(8)10(9-6)3-2-4-11/h5,11H,2-4,8H2,1H3. The van der Waals surface area contributed by atoms with Crippen LogP contribution in [0.2, 0.25) is 0 Å². The van der Waals surface area contributed by atoms with Crippen LogP contribution in [0.3, 0.4) is 0 Å². The molecule has 0 amide bonds. The van der Waals surface area contributed by atoms with E-state index in [1.807, 2.05) is 13.0 Å². The lowest BCUT2D eigenvalue weighted by molar-refractivity contribution is 0.277. The van der Waals surface area contributed by atoms with Crippen molar-refractivity contribution in [1.82, 2.24) is 9.78 Å². The van der Waals surface area contributed by atoms with E-state index in [4.69, 9.17) is 10.8 Å². The van der Waals surface area contributed by atoms with Gasteiger partial charge in [-0.1, -0.05) is 0 Å². The van der Waals surface area contributed by atoms with Gasteiger partial charge in [-0.25, -0.2) is 4.68 Å². The lowest BCUT2D eigenvalue weighted by Crippen LogP contribution is -2.05. The fourth-order valence-electron chi connectivity index (χ4n) is 0.965. The van der Waals surface area contributed by atoms with E-state index in [9.17, 15) is 0 Å². The second kappa shape index (κ2) is 3.39. The molecule has 4 heteroatoms. The Hall–Kier alpha value is -1.03. The van der Waals surface area contributed by atoms with E-state index in [0.717, 1.165) is 5.69 Å². The Morgan fingerprint density at radius 2 is 2.45 bits per heavy atom. The van der Waals surface area contributed by atoms with Gasteiger partial charge >= 0.3 is 0 Å². The van der Waals surface area contributed by atoms with Gasteiger partial charge in [0, 0.05) is 19.2 Å². The van der Waals surface area contributed by atoms with Crippen molar-refractivity contribution in [3.63, 3.8) is 0 Å². The monoisotopic (exact) mass is 155 g/mol. The molecule has 0 fully saturated rings. The highest BCUT2D eigenvalue weighted by Gasteiger charge is 1.99. The van der Waals surface area contributed by atoms with Crippen molar-refractivity contribution >= 4 is 5.82 Å². The molecule has 1 rings (SSSR count). The number of nitrogens with zero attached hydrogens (tertiary/aromatic N) is 2. The molecular formula is C7H13N3O. The summed E-state index contributed by atoms with van der Waals surface area (Å²) >= 11 is 0.